The van der Waals surface area contributed by atoms with Crippen molar-refractivity contribution in [3.63, 3.8) is 0 Å². The molecule has 2 aromatic rings. The van der Waals surface area contributed by atoms with Crippen LogP contribution in [0.2, 0.25) is 0 Å². The largest absolute Gasteiger partial charge is 0.459 e. The molecule has 0 saturated carbocycles. The number of carbonyl (C=O) groups excluding carboxylic acids is 1. The summed E-state index contributed by atoms with van der Waals surface area (Å²) in [5.41, 5.74) is 1.02. The Kier molecular flexibility index (Phi) is 4.52. The van der Waals surface area contributed by atoms with Gasteiger partial charge in [-0.05, 0) is 24.6 Å². The van der Waals surface area contributed by atoms with Gasteiger partial charge in [-0.3, -0.25) is 9.59 Å². The molecular weight excluding hydrogens is 268 g/mol. The van der Waals surface area contributed by atoms with Gasteiger partial charge in [0.15, 0.2) is 0 Å². The van der Waals surface area contributed by atoms with Crippen molar-refractivity contribution in [1.82, 2.24) is 4.57 Å². The van der Waals surface area contributed by atoms with Crippen LogP contribution in [0.5, 0.6) is 0 Å². The van der Waals surface area contributed by atoms with Crippen molar-refractivity contribution in [3.8, 4) is 6.07 Å². The number of benzene rings is 1. The van der Waals surface area contributed by atoms with Crippen LogP contribution in [0, 0.1) is 18.3 Å². The molecule has 5 nitrogen and oxygen atoms in total. The maximum absolute atomic E-state index is 12.0. The Hall–Kier alpha value is -2.87. The maximum Gasteiger partial charge on any atom is 0.326 e. The zero-order chi connectivity index (χ0) is 15.2. The van der Waals surface area contributed by atoms with E-state index >= 15 is 0 Å². The lowest BCUT2D eigenvalue weighted by atomic mass is 10.2. The van der Waals surface area contributed by atoms with Crippen LogP contribution in [0.4, 0.5) is 0 Å². The minimum absolute atomic E-state index is 0.0106. The fraction of sp³-hybridized carbons (Fsp3) is 0.188. The number of hydrogen-bond donors (Lipinski definition) is 0. The van der Waals surface area contributed by atoms with Crippen molar-refractivity contribution in [2.24, 2.45) is 0 Å². The molecule has 21 heavy (non-hydrogen) atoms. The molecule has 0 spiro atoms. The van der Waals surface area contributed by atoms with Gasteiger partial charge in [0, 0.05) is 5.69 Å². The second-order valence-electron chi connectivity index (χ2n) is 4.54. The van der Waals surface area contributed by atoms with E-state index in [1.165, 1.54) is 10.6 Å². The number of rotatable bonds is 4. The Morgan fingerprint density at radius 2 is 1.95 bits per heavy atom. The first-order valence-electron chi connectivity index (χ1n) is 6.42. The topological polar surface area (TPSA) is 72.1 Å². The average Bonchev–Trinajstić information content (AvgIpc) is 2.50. The van der Waals surface area contributed by atoms with E-state index in [0.717, 1.165) is 5.56 Å². The average molecular weight is 282 g/mol. The molecule has 0 N–H and O–H groups in total. The van der Waals surface area contributed by atoms with E-state index in [9.17, 15) is 9.59 Å². The normalized spacial score (nSPS) is 9.90. The van der Waals surface area contributed by atoms with Crippen LogP contribution in [0.1, 0.15) is 16.8 Å². The lowest BCUT2D eigenvalue weighted by molar-refractivity contribution is -0.145. The van der Waals surface area contributed by atoms with Gasteiger partial charge < -0.3 is 9.30 Å². The van der Waals surface area contributed by atoms with Gasteiger partial charge in [-0.25, -0.2) is 0 Å². The molecule has 0 saturated heterocycles. The molecule has 0 amide bonds. The summed E-state index contributed by atoms with van der Waals surface area (Å²) >= 11 is 0. The third-order valence-corrected chi connectivity index (χ3v) is 3.04. The smallest absolute Gasteiger partial charge is 0.326 e. The molecule has 0 unspecified atom stereocenters. The second kappa shape index (κ2) is 6.53. The minimum atomic E-state index is -0.515. The van der Waals surface area contributed by atoms with Crippen molar-refractivity contribution in [3.05, 3.63) is 69.6 Å². The van der Waals surface area contributed by atoms with Gasteiger partial charge in [-0.1, -0.05) is 30.3 Å². The van der Waals surface area contributed by atoms with Gasteiger partial charge in [0.1, 0.15) is 24.8 Å². The highest BCUT2D eigenvalue weighted by Gasteiger charge is 2.11. The number of nitrogens with zero attached hydrogens (tertiary/aromatic N) is 2. The van der Waals surface area contributed by atoms with Crippen LogP contribution in [-0.4, -0.2) is 10.5 Å². The van der Waals surface area contributed by atoms with E-state index < -0.39 is 11.5 Å². The molecule has 0 aliphatic carbocycles. The molecule has 0 atom stereocenters. The second-order valence-corrected chi connectivity index (χ2v) is 4.54. The van der Waals surface area contributed by atoms with Gasteiger partial charge in [0.2, 0.25) is 0 Å². The molecule has 1 heterocycles. The van der Waals surface area contributed by atoms with Crippen molar-refractivity contribution in [2.75, 3.05) is 0 Å². The van der Waals surface area contributed by atoms with Crippen LogP contribution >= 0.6 is 0 Å². The van der Waals surface area contributed by atoms with Crippen molar-refractivity contribution < 1.29 is 9.53 Å². The van der Waals surface area contributed by atoms with E-state index in [1.54, 1.807) is 13.0 Å². The molecule has 106 valence electrons. The summed E-state index contributed by atoms with van der Waals surface area (Å²) < 4.78 is 6.38. The summed E-state index contributed by atoms with van der Waals surface area (Å²) in [6.45, 7) is 1.66. The van der Waals surface area contributed by atoms with Crippen LogP contribution in [0.15, 0.2) is 47.3 Å². The molecule has 5 heteroatoms. The number of aryl methyl sites for hydroxylation is 1. The number of ether oxygens (including phenoxy) is 1. The van der Waals surface area contributed by atoms with Crippen LogP contribution in [0.3, 0.4) is 0 Å². The monoisotopic (exact) mass is 282 g/mol. The van der Waals surface area contributed by atoms with Gasteiger partial charge in [0.25, 0.3) is 5.56 Å². The van der Waals surface area contributed by atoms with Crippen molar-refractivity contribution >= 4 is 5.97 Å². The Balaban J connectivity index is 2.07. The summed E-state index contributed by atoms with van der Waals surface area (Å²) in [7, 11) is 0. The van der Waals surface area contributed by atoms with Gasteiger partial charge >= 0.3 is 5.97 Å². The molecule has 1 aromatic heterocycles. The molecule has 0 radical (unpaired) electrons. The maximum atomic E-state index is 12.0. The number of hydrogen-bond acceptors (Lipinski definition) is 4. The number of aromatic nitrogens is 1. The zero-order valence-electron chi connectivity index (χ0n) is 11.6. The van der Waals surface area contributed by atoms with E-state index in [4.69, 9.17) is 10.00 Å². The molecule has 2 rings (SSSR count). The Bertz CT molecular complexity index is 742. The third kappa shape index (κ3) is 3.57. The fourth-order valence-corrected chi connectivity index (χ4v) is 1.87. The number of pyridine rings is 1. The minimum Gasteiger partial charge on any atom is -0.459 e. The zero-order valence-corrected chi connectivity index (χ0v) is 11.6. The predicted octanol–water partition coefficient (Wildman–Crippen LogP) is 1.77. The third-order valence-electron chi connectivity index (χ3n) is 3.04. The summed E-state index contributed by atoms with van der Waals surface area (Å²) in [5, 5.41) is 8.84. The quantitative estimate of drug-likeness (QED) is 0.801. The van der Waals surface area contributed by atoms with Gasteiger partial charge in [-0.15, -0.1) is 0 Å². The number of nitriles is 1. The first-order valence-corrected chi connectivity index (χ1v) is 6.42. The van der Waals surface area contributed by atoms with E-state index in [2.05, 4.69) is 0 Å². The number of esters is 1. The van der Waals surface area contributed by atoms with Crippen molar-refractivity contribution in [1.29, 1.82) is 5.26 Å². The Morgan fingerprint density at radius 1 is 1.24 bits per heavy atom. The lowest BCUT2D eigenvalue weighted by Crippen LogP contribution is -2.28. The molecule has 1 aromatic carbocycles. The predicted molar refractivity (Wildman–Crippen MR) is 76.4 cm³/mol. The SMILES string of the molecule is Cc1ccc(C#N)c(=O)n1CC(=O)OCc1ccccc1. The van der Waals surface area contributed by atoms with Crippen LogP contribution in [-0.2, 0) is 22.7 Å². The summed E-state index contributed by atoms with van der Waals surface area (Å²) in [6, 6.07) is 14.2. The van der Waals surface area contributed by atoms with E-state index in [-0.39, 0.29) is 18.7 Å². The van der Waals surface area contributed by atoms with Crippen molar-refractivity contribution in [2.45, 2.75) is 20.1 Å². The fourth-order valence-electron chi connectivity index (χ4n) is 1.87. The Labute approximate surface area is 122 Å². The standard InChI is InChI=1S/C16H14N2O3/c1-12-7-8-14(9-17)16(20)18(12)10-15(19)21-11-13-5-3-2-4-6-13/h2-8H,10-11H2,1H3. The van der Waals surface area contributed by atoms with E-state index in [0.29, 0.717) is 5.69 Å². The highest BCUT2D eigenvalue weighted by molar-refractivity contribution is 5.69. The molecule has 0 fully saturated rings. The summed E-state index contributed by atoms with van der Waals surface area (Å²) in [5.74, 6) is -0.515. The highest BCUT2D eigenvalue weighted by Crippen LogP contribution is 2.02. The number of carbonyl (C=O) groups is 1. The van der Waals surface area contributed by atoms with Gasteiger partial charge in [-0.2, -0.15) is 5.26 Å². The highest BCUT2D eigenvalue weighted by atomic mass is 16.5. The molecule has 0 aliphatic rings. The summed E-state index contributed by atoms with van der Waals surface area (Å²) in [6.07, 6.45) is 0. The lowest BCUT2D eigenvalue weighted by Gasteiger charge is -2.10. The molecular formula is C16H14N2O3. The first-order chi connectivity index (χ1) is 10.1. The van der Waals surface area contributed by atoms with Crippen LogP contribution < -0.4 is 5.56 Å². The van der Waals surface area contributed by atoms with Crippen LogP contribution in [0.25, 0.3) is 0 Å². The summed E-state index contributed by atoms with van der Waals surface area (Å²) in [4.78, 5) is 23.8. The van der Waals surface area contributed by atoms with E-state index in [1.807, 2.05) is 36.4 Å². The molecule has 0 bridgehead atoms. The molecule has 0 aliphatic heterocycles. The Morgan fingerprint density at radius 3 is 2.62 bits per heavy atom. The van der Waals surface area contributed by atoms with Gasteiger partial charge in [0.05, 0.1) is 0 Å². The first kappa shape index (κ1) is 14.5.